The van der Waals surface area contributed by atoms with Gasteiger partial charge in [-0.3, -0.25) is 4.98 Å². The van der Waals surface area contributed by atoms with Gasteiger partial charge in [0.1, 0.15) is 11.5 Å². The first-order valence-corrected chi connectivity index (χ1v) is 5.54. The third-order valence-corrected chi connectivity index (χ3v) is 2.55. The van der Waals surface area contributed by atoms with Gasteiger partial charge in [0.15, 0.2) is 0 Å². The maximum Gasteiger partial charge on any atom is 0.148 e. The van der Waals surface area contributed by atoms with Crippen molar-refractivity contribution in [2.24, 2.45) is 0 Å². The van der Waals surface area contributed by atoms with Crippen LogP contribution in [-0.4, -0.2) is 10.1 Å². The Morgan fingerprint density at radius 3 is 2.47 bits per heavy atom. The topological polar surface area (TPSA) is 42.4 Å². The molecule has 2 rings (SSSR count). The quantitative estimate of drug-likeness (QED) is 0.878. The molecule has 1 aromatic carbocycles. The van der Waals surface area contributed by atoms with Crippen LogP contribution >= 0.6 is 0 Å². The van der Waals surface area contributed by atoms with Crippen molar-refractivity contribution in [3.8, 4) is 11.5 Å². The van der Waals surface area contributed by atoms with Crippen molar-refractivity contribution in [3.63, 3.8) is 0 Å². The number of rotatable bonds is 3. The number of hydrogen-bond donors (Lipinski definition) is 1. The summed E-state index contributed by atoms with van der Waals surface area (Å²) in [6.45, 7) is 3.64. The van der Waals surface area contributed by atoms with Gasteiger partial charge < -0.3 is 9.84 Å². The van der Waals surface area contributed by atoms with Crippen LogP contribution < -0.4 is 4.74 Å². The van der Waals surface area contributed by atoms with E-state index in [1.54, 1.807) is 13.1 Å². The first-order valence-electron chi connectivity index (χ1n) is 5.54. The molecule has 3 nitrogen and oxygen atoms in total. The highest BCUT2D eigenvalue weighted by Crippen LogP contribution is 2.24. The van der Waals surface area contributed by atoms with Crippen molar-refractivity contribution in [1.29, 1.82) is 0 Å². The number of hydrogen-bond acceptors (Lipinski definition) is 3. The van der Waals surface area contributed by atoms with Crippen LogP contribution in [0.15, 0.2) is 42.6 Å². The highest BCUT2D eigenvalue weighted by molar-refractivity contribution is 5.35. The summed E-state index contributed by atoms with van der Waals surface area (Å²) in [5.41, 5.74) is 1.73. The molecule has 1 heterocycles. The summed E-state index contributed by atoms with van der Waals surface area (Å²) in [7, 11) is 0. The summed E-state index contributed by atoms with van der Waals surface area (Å²) >= 11 is 0. The third kappa shape index (κ3) is 2.82. The van der Waals surface area contributed by atoms with Crippen molar-refractivity contribution < 1.29 is 9.84 Å². The van der Waals surface area contributed by atoms with Crippen LogP contribution in [0.25, 0.3) is 0 Å². The zero-order chi connectivity index (χ0) is 12.3. The second-order valence-electron chi connectivity index (χ2n) is 3.93. The first-order chi connectivity index (χ1) is 8.16. The Morgan fingerprint density at radius 1 is 1.18 bits per heavy atom. The fourth-order valence-electron chi connectivity index (χ4n) is 1.52. The minimum atomic E-state index is -0.454. The fourth-order valence-corrected chi connectivity index (χ4v) is 1.52. The maximum absolute atomic E-state index is 9.40. The Morgan fingerprint density at radius 2 is 1.88 bits per heavy atom. The molecule has 0 aliphatic heterocycles. The van der Waals surface area contributed by atoms with E-state index in [1.807, 2.05) is 43.3 Å². The summed E-state index contributed by atoms with van der Waals surface area (Å²) in [6.07, 6.45) is 1.28. The Kier molecular flexibility index (Phi) is 3.40. The summed E-state index contributed by atoms with van der Waals surface area (Å²) in [5, 5.41) is 9.40. The standard InChI is InChI=1S/C14H15NO2/c1-10-14(4-3-9-15-10)17-13-7-5-12(6-8-13)11(2)16/h3-9,11,16H,1-2H3/t11-/m0/s1. The largest absolute Gasteiger partial charge is 0.455 e. The van der Waals surface area contributed by atoms with Gasteiger partial charge in [0.2, 0.25) is 0 Å². The van der Waals surface area contributed by atoms with Gasteiger partial charge in [0.05, 0.1) is 11.8 Å². The van der Waals surface area contributed by atoms with Gasteiger partial charge in [0.25, 0.3) is 0 Å². The van der Waals surface area contributed by atoms with Gasteiger partial charge in [-0.2, -0.15) is 0 Å². The SMILES string of the molecule is Cc1ncccc1Oc1ccc([C@H](C)O)cc1. The van der Waals surface area contributed by atoms with E-state index in [0.29, 0.717) is 0 Å². The minimum absolute atomic E-state index is 0.454. The number of aliphatic hydroxyl groups is 1. The lowest BCUT2D eigenvalue weighted by Gasteiger charge is -2.09. The van der Waals surface area contributed by atoms with Gasteiger partial charge in [0, 0.05) is 6.20 Å². The molecule has 1 aromatic heterocycles. The van der Waals surface area contributed by atoms with E-state index in [4.69, 9.17) is 4.74 Å². The van der Waals surface area contributed by atoms with E-state index in [1.165, 1.54) is 0 Å². The predicted molar refractivity (Wildman–Crippen MR) is 66.1 cm³/mol. The zero-order valence-corrected chi connectivity index (χ0v) is 9.92. The number of benzene rings is 1. The van der Waals surface area contributed by atoms with E-state index in [2.05, 4.69) is 4.98 Å². The van der Waals surface area contributed by atoms with E-state index in [9.17, 15) is 5.11 Å². The summed E-state index contributed by atoms with van der Waals surface area (Å²) in [5.74, 6) is 1.49. The smallest absolute Gasteiger partial charge is 0.148 e. The van der Waals surface area contributed by atoms with Crippen LogP contribution in [0.3, 0.4) is 0 Å². The lowest BCUT2D eigenvalue weighted by molar-refractivity contribution is 0.199. The highest BCUT2D eigenvalue weighted by Gasteiger charge is 2.03. The molecule has 0 saturated heterocycles. The normalized spacial score (nSPS) is 12.2. The molecule has 0 aliphatic carbocycles. The lowest BCUT2D eigenvalue weighted by atomic mass is 10.1. The number of aliphatic hydroxyl groups excluding tert-OH is 1. The average molecular weight is 229 g/mol. The molecule has 0 radical (unpaired) electrons. The fraction of sp³-hybridized carbons (Fsp3) is 0.214. The zero-order valence-electron chi connectivity index (χ0n) is 9.92. The molecule has 17 heavy (non-hydrogen) atoms. The molecule has 0 fully saturated rings. The number of ether oxygens (including phenoxy) is 1. The molecule has 0 saturated carbocycles. The Labute approximate surface area is 101 Å². The molecule has 0 aliphatic rings. The second kappa shape index (κ2) is 4.97. The predicted octanol–water partition coefficient (Wildman–Crippen LogP) is 3.24. The third-order valence-electron chi connectivity index (χ3n) is 2.55. The van der Waals surface area contributed by atoms with E-state index < -0.39 is 6.10 Å². The average Bonchev–Trinajstić information content (AvgIpc) is 2.33. The maximum atomic E-state index is 9.40. The van der Waals surface area contributed by atoms with E-state index >= 15 is 0 Å². The molecule has 0 amide bonds. The molecule has 0 unspecified atom stereocenters. The highest BCUT2D eigenvalue weighted by atomic mass is 16.5. The number of pyridine rings is 1. The summed E-state index contributed by atoms with van der Waals surface area (Å²) in [4.78, 5) is 4.16. The van der Waals surface area contributed by atoms with E-state index in [-0.39, 0.29) is 0 Å². The van der Waals surface area contributed by atoms with Crippen molar-refractivity contribution >= 4 is 0 Å². The van der Waals surface area contributed by atoms with Gasteiger partial charge in [-0.25, -0.2) is 0 Å². The Bertz CT molecular complexity index is 492. The molecule has 1 N–H and O–H groups in total. The van der Waals surface area contributed by atoms with Crippen molar-refractivity contribution in [1.82, 2.24) is 4.98 Å². The molecular formula is C14H15NO2. The minimum Gasteiger partial charge on any atom is -0.455 e. The van der Waals surface area contributed by atoms with Crippen molar-refractivity contribution in [2.45, 2.75) is 20.0 Å². The molecular weight excluding hydrogens is 214 g/mol. The van der Waals surface area contributed by atoms with Gasteiger partial charge in [-0.05, 0) is 43.7 Å². The first kappa shape index (κ1) is 11.6. The lowest BCUT2D eigenvalue weighted by Crippen LogP contribution is -1.92. The molecule has 0 bridgehead atoms. The van der Waals surface area contributed by atoms with Gasteiger partial charge in [-0.15, -0.1) is 0 Å². The van der Waals surface area contributed by atoms with Crippen LogP contribution in [0.5, 0.6) is 11.5 Å². The number of aryl methyl sites for hydroxylation is 1. The summed E-state index contributed by atoms with van der Waals surface area (Å²) < 4.78 is 5.70. The molecule has 1 atom stereocenters. The van der Waals surface area contributed by atoms with Crippen LogP contribution in [0, 0.1) is 6.92 Å². The molecule has 88 valence electrons. The molecule has 2 aromatic rings. The number of nitrogens with zero attached hydrogens (tertiary/aromatic N) is 1. The van der Waals surface area contributed by atoms with E-state index in [0.717, 1.165) is 22.8 Å². The number of aromatic nitrogens is 1. The van der Waals surface area contributed by atoms with Crippen LogP contribution in [0.4, 0.5) is 0 Å². The monoisotopic (exact) mass is 229 g/mol. The van der Waals surface area contributed by atoms with Gasteiger partial charge >= 0.3 is 0 Å². The van der Waals surface area contributed by atoms with Crippen LogP contribution in [0.2, 0.25) is 0 Å². The Hall–Kier alpha value is -1.87. The summed E-state index contributed by atoms with van der Waals surface area (Å²) in [6, 6.07) is 11.1. The van der Waals surface area contributed by atoms with Crippen molar-refractivity contribution in [2.75, 3.05) is 0 Å². The van der Waals surface area contributed by atoms with Gasteiger partial charge in [-0.1, -0.05) is 12.1 Å². The van der Waals surface area contributed by atoms with Crippen molar-refractivity contribution in [3.05, 3.63) is 53.9 Å². The second-order valence-corrected chi connectivity index (χ2v) is 3.93. The molecule has 0 spiro atoms. The Balaban J connectivity index is 2.17. The van der Waals surface area contributed by atoms with Crippen LogP contribution in [0.1, 0.15) is 24.3 Å². The van der Waals surface area contributed by atoms with Crippen LogP contribution in [-0.2, 0) is 0 Å². The molecule has 3 heteroatoms.